The third-order valence-electron chi connectivity index (χ3n) is 4.42. The molecule has 158 valence electrons. The number of carboxylic acids is 1. The summed E-state index contributed by atoms with van der Waals surface area (Å²) in [5.41, 5.74) is 0. The fraction of sp³-hybridized carbons (Fsp3) is 0.562. The first-order chi connectivity index (χ1) is 13.6. The van der Waals surface area contributed by atoms with Crippen LogP contribution in [0.5, 0.6) is 0 Å². The van der Waals surface area contributed by atoms with E-state index in [1.807, 2.05) is 4.90 Å². The first-order valence-corrected chi connectivity index (χ1v) is 8.59. The Kier molecular flexibility index (Phi) is 5.96. The Morgan fingerprint density at radius 1 is 1.31 bits per heavy atom. The van der Waals surface area contributed by atoms with Crippen molar-refractivity contribution in [3.05, 3.63) is 29.9 Å². The van der Waals surface area contributed by atoms with E-state index in [1.165, 1.54) is 12.4 Å². The SMILES string of the molecule is Cc1noc(C[C@@H]2C[C@H]3CN(c4ncc(F)cn4)C[C@H]3O2)n1.O=C(O)C(F)(F)F. The molecule has 3 atom stereocenters. The zero-order valence-electron chi connectivity index (χ0n) is 15.1. The molecule has 0 spiro atoms. The minimum atomic E-state index is -5.08. The Hall–Kier alpha value is -2.83. The van der Waals surface area contributed by atoms with Crippen LogP contribution in [0.1, 0.15) is 18.1 Å². The first-order valence-electron chi connectivity index (χ1n) is 8.59. The molecule has 4 rings (SSSR count). The van der Waals surface area contributed by atoms with Gasteiger partial charge in [-0.2, -0.15) is 18.2 Å². The number of rotatable bonds is 3. The van der Waals surface area contributed by atoms with Crippen molar-refractivity contribution < 1.29 is 36.7 Å². The van der Waals surface area contributed by atoms with Crippen molar-refractivity contribution in [3.8, 4) is 0 Å². The van der Waals surface area contributed by atoms with E-state index in [9.17, 15) is 17.6 Å². The zero-order valence-corrected chi connectivity index (χ0v) is 15.1. The second kappa shape index (κ2) is 8.27. The normalized spacial score (nSPS) is 23.5. The fourth-order valence-corrected chi connectivity index (χ4v) is 3.24. The molecular weight excluding hydrogens is 402 g/mol. The molecule has 2 saturated heterocycles. The quantitative estimate of drug-likeness (QED) is 0.744. The van der Waals surface area contributed by atoms with Crippen LogP contribution in [-0.4, -0.2) is 62.7 Å². The highest BCUT2D eigenvalue weighted by Gasteiger charge is 2.43. The van der Waals surface area contributed by atoms with Crippen LogP contribution < -0.4 is 4.90 Å². The number of hydrogen-bond donors (Lipinski definition) is 1. The number of alkyl halides is 3. The second-order valence-corrected chi connectivity index (χ2v) is 6.64. The summed E-state index contributed by atoms with van der Waals surface area (Å²) < 4.78 is 55.8. The molecule has 1 N–H and O–H groups in total. The van der Waals surface area contributed by atoms with Crippen molar-refractivity contribution in [2.75, 3.05) is 18.0 Å². The van der Waals surface area contributed by atoms with Crippen molar-refractivity contribution in [1.82, 2.24) is 20.1 Å². The largest absolute Gasteiger partial charge is 0.490 e. The van der Waals surface area contributed by atoms with Crippen LogP contribution in [0.25, 0.3) is 0 Å². The minimum Gasteiger partial charge on any atom is -0.475 e. The third kappa shape index (κ3) is 5.37. The number of aromatic nitrogens is 4. The lowest BCUT2D eigenvalue weighted by atomic mass is 10.0. The van der Waals surface area contributed by atoms with Crippen molar-refractivity contribution in [2.45, 2.75) is 38.1 Å². The van der Waals surface area contributed by atoms with E-state index in [2.05, 4.69) is 20.1 Å². The first kappa shape index (κ1) is 20.9. The average Bonchev–Trinajstić information content (AvgIpc) is 3.30. The van der Waals surface area contributed by atoms with E-state index in [0.717, 1.165) is 19.5 Å². The molecule has 13 heteroatoms. The van der Waals surface area contributed by atoms with Gasteiger partial charge in [-0.3, -0.25) is 0 Å². The molecule has 2 aromatic rings. The number of carboxylic acid groups (broad SMARTS) is 1. The molecule has 0 aliphatic carbocycles. The molecule has 2 aromatic heterocycles. The van der Waals surface area contributed by atoms with Gasteiger partial charge in [0.05, 0.1) is 31.0 Å². The molecule has 0 saturated carbocycles. The Morgan fingerprint density at radius 3 is 2.48 bits per heavy atom. The third-order valence-corrected chi connectivity index (χ3v) is 4.42. The fourth-order valence-electron chi connectivity index (χ4n) is 3.24. The lowest BCUT2D eigenvalue weighted by Crippen LogP contribution is -2.26. The monoisotopic (exact) mass is 419 g/mol. The predicted molar refractivity (Wildman–Crippen MR) is 87.4 cm³/mol. The average molecular weight is 419 g/mol. The number of aryl methyl sites for hydroxylation is 1. The van der Waals surface area contributed by atoms with Crippen LogP contribution in [0.2, 0.25) is 0 Å². The van der Waals surface area contributed by atoms with Gasteiger partial charge in [-0.05, 0) is 13.3 Å². The second-order valence-electron chi connectivity index (χ2n) is 6.64. The van der Waals surface area contributed by atoms with Crippen LogP contribution in [0.4, 0.5) is 23.5 Å². The lowest BCUT2D eigenvalue weighted by Gasteiger charge is -2.18. The number of nitrogens with zero attached hydrogens (tertiary/aromatic N) is 5. The summed E-state index contributed by atoms with van der Waals surface area (Å²) in [7, 11) is 0. The summed E-state index contributed by atoms with van der Waals surface area (Å²) in [5.74, 6) is -0.915. The van der Waals surface area contributed by atoms with Crippen LogP contribution >= 0.6 is 0 Å². The predicted octanol–water partition coefficient (Wildman–Crippen LogP) is 1.78. The van der Waals surface area contributed by atoms with Gasteiger partial charge in [-0.1, -0.05) is 5.16 Å². The van der Waals surface area contributed by atoms with E-state index in [1.54, 1.807) is 6.92 Å². The standard InChI is InChI=1S/C14H16FN5O2.C2HF3O2/c1-8-18-13(22-19-8)3-11-2-9-6-20(7-12(9)21-11)14-16-4-10(15)5-17-14;3-2(4,5)1(6)7/h4-5,9,11-12H,2-3,6-7H2,1H3;(H,6,7)/t9-,11-,12+;/m0./s1. The molecule has 4 heterocycles. The number of ether oxygens (including phenoxy) is 1. The van der Waals surface area contributed by atoms with Gasteiger partial charge in [0.2, 0.25) is 11.8 Å². The van der Waals surface area contributed by atoms with Gasteiger partial charge in [0.25, 0.3) is 0 Å². The Balaban J connectivity index is 0.000000298. The number of anilines is 1. The van der Waals surface area contributed by atoms with Gasteiger partial charge in [0.1, 0.15) is 0 Å². The molecule has 0 unspecified atom stereocenters. The van der Waals surface area contributed by atoms with Crippen molar-refractivity contribution in [3.63, 3.8) is 0 Å². The number of hydrogen-bond acceptors (Lipinski definition) is 8. The molecular formula is C16H17F4N5O4. The Labute approximate surface area is 161 Å². The van der Waals surface area contributed by atoms with Crippen molar-refractivity contribution in [2.24, 2.45) is 5.92 Å². The van der Waals surface area contributed by atoms with Gasteiger partial charge in [-0.15, -0.1) is 0 Å². The molecule has 0 bridgehead atoms. The maximum Gasteiger partial charge on any atom is 0.490 e. The van der Waals surface area contributed by atoms with Gasteiger partial charge in [-0.25, -0.2) is 19.2 Å². The zero-order chi connectivity index (χ0) is 21.2. The topological polar surface area (TPSA) is 114 Å². The minimum absolute atomic E-state index is 0.117. The van der Waals surface area contributed by atoms with Crippen LogP contribution in [-0.2, 0) is 16.0 Å². The highest BCUT2D eigenvalue weighted by Crippen LogP contribution is 2.35. The van der Waals surface area contributed by atoms with Crippen LogP contribution in [0.3, 0.4) is 0 Å². The number of aliphatic carboxylic acids is 1. The molecule has 29 heavy (non-hydrogen) atoms. The summed E-state index contributed by atoms with van der Waals surface area (Å²) in [6.07, 6.45) is -0.824. The van der Waals surface area contributed by atoms with Crippen LogP contribution in [0, 0.1) is 18.7 Å². The highest BCUT2D eigenvalue weighted by molar-refractivity contribution is 5.73. The summed E-state index contributed by atoms with van der Waals surface area (Å²) >= 11 is 0. The molecule has 0 amide bonds. The van der Waals surface area contributed by atoms with Gasteiger partial charge < -0.3 is 19.3 Å². The molecule has 0 aromatic carbocycles. The Bertz CT molecular complexity index is 831. The number of carbonyl (C=O) groups is 1. The molecule has 2 aliphatic heterocycles. The van der Waals surface area contributed by atoms with E-state index >= 15 is 0 Å². The summed E-state index contributed by atoms with van der Waals surface area (Å²) in [6, 6.07) is 0. The summed E-state index contributed by atoms with van der Waals surface area (Å²) in [6.45, 7) is 3.36. The van der Waals surface area contributed by atoms with E-state index in [-0.39, 0.29) is 12.2 Å². The van der Waals surface area contributed by atoms with Gasteiger partial charge >= 0.3 is 12.1 Å². The van der Waals surface area contributed by atoms with Gasteiger partial charge in [0, 0.05) is 19.0 Å². The van der Waals surface area contributed by atoms with E-state index in [0.29, 0.717) is 30.0 Å². The maximum absolute atomic E-state index is 12.9. The molecule has 2 aliphatic rings. The molecule has 2 fully saturated rings. The number of fused-ring (bicyclic) bond motifs is 1. The van der Waals surface area contributed by atoms with E-state index < -0.39 is 18.0 Å². The summed E-state index contributed by atoms with van der Waals surface area (Å²) in [4.78, 5) is 23.2. The maximum atomic E-state index is 12.9. The summed E-state index contributed by atoms with van der Waals surface area (Å²) in [5, 5.41) is 10.9. The highest BCUT2D eigenvalue weighted by atomic mass is 19.4. The van der Waals surface area contributed by atoms with Crippen molar-refractivity contribution in [1.29, 1.82) is 0 Å². The number of halogens is 4. The van der Waals surface area contributed by atoms with Crippen LogP contribution in [0.15, 0.2) is 16.9 Å². The van der Waals surface area contributed by atoms with Gasteiger partial charge in [0.15, 0.2) is 11.6 Å². The molecule has 0 radical (unpaired) electrons. The smallest absolute Gasteiger partial charge is 0.475 e. The van der Waals surface area contributed by atoms with E-state index in [4.69, 9.17) is 19.2 Å². The molecule has 9 nitrogen and oxygen atoms in total. The Morgan fingerprint density at radius 2 is 1.97 bits per heavy atom. The van der Waals surface area contributed by atoms with Crippen molar-refractivity contribution >= 4 is 11.9 Å². The lowest BCUT2D eigenvalue weighted by molar-refractivity contribution is -0.192.